The van der Waals surface area contributed by atoms with Crippen molar-refractivity contribution in [1.29, 1.82) is 0 Å². The molecule has 3 N–H and O–H groups in total. The summed E-state index contributed by atoms with van der Waals surface area (Å²) in [6.45, 7) is 0.811. The zero-order chi connectivity index (χ0) is 10.3. The Bertz CT molecular complexity index is 351. The summed E-state index contributed by atoms with van der Waals surface area (Å²) < 4.78 is 36.9. The van der Waals surface area contributed by atoms with Gasteiger partial charge in [-0.2, -0.15) is 13.2 Å². The van der Waals surface area contributed by atoms with E-state index in [0.717, 1.165) is 12.3 Å². The van der Waals surface area contributed by atoms with Crippen molar-refractivity contribution >= 4 is 11.3 Å². The molecule has 0 fully saturated rings. The second-order valence-corrected chi connectivity index (χ2v) is 3.60. The van der Waals surface area contributed by atoms with Crippen molar-refractivity contribution in [2.45, 2.75) is 18.6 Å². The van der Waals surface area contributed by atoms with Gasteiger partial charge in [0.15, 0.2) is 5.54 Å². The highest BCUT2D eigenvalue weighted by Gasteiger charge is 2.50. The van der Waals surface area contributed by atoms with Gasteiger partial charge in [-0.15, -0.1) is 0 Å². The van der Waals surface area contributed by atoms with Crippen molar-refractivity contribution in [1.82, 2.24) is 4.98 Å². The van der Waals surface area contributed by atoms with Crippen LogP contribution in [-0.4, -0.2) is 11.2 Å². The Morgan fingerprint density at radius 2 is 2.08 bits per heavy atom. The lowest BCUT2D eigenvalue weighted by Gasteiger charge is -2.25. The van der Waals surface area contributed by atoms with Gasteiger partial charge in [0.05, 0.1) is 5.69 Å². The van der Waals surface area contributed by atoms with Gasteiger partial charge in [-0.3, -0.25) is 4.79 Å². The van der Waals surface area contributed by atoms with Crippen LogP contribution in [0.5, 0.6) is 0 Å². The Labute approximate surface area is 75.4 Å². The van der Waals surface area contributed by atoms with Crippen LogP contribution >= 0.6 is 11.3 Å². The molecule has 0 aliphatic rings. The predicted molar refractivity (Wildman–Crippen MR) is 42.5 cm³/mol. The molecule has 1 heterocycles. The highest BCUT2D eigenvalue weighted by atomic mass is 32.1. The monoisotopic (exact) mass is 212 g/mol. The predicted octanol–water partition coefficient (Wildman–Crippen LogP) is 1.17. The first-order chi connectivity index (χ1) is 5.75. The smallest absolute Gasteiger partial charge is 0.314 e. The van der Waals surface area contributed by atoms with Crippen LogP contribution in [0.1, 0.15) is 12.6 Å². The van der Waals surface area contributed by atoms with E-state index in [4.69, 9.17) is 5.73 Å². The van der Waals surface area contributed by atoms with E-state index in [9.17, 15) is 18.0 Å². The molecule has 0 bridgehead atoms. The molecule has 0 saturated carbocycles. The van der Waals surface area contributed by atoms with Gasteiger partial charge in [0.25, 0.3) is 0 Å². The Morgan fingerprint density at radius 1 is 1.54 bits per heavy atom. The number of alkyl halides is 3. The molecule has 0 aliphatic carbocycles. The van der Waals surface area contributed by atoms with Crippen molar-refractivity contribution < 1.29 is 13.2 Å². The number of hydrogen-bond donors (Lipinski definition) is 2. The van der Waals surface area contributed by atoms with E-state index in [1.54, 1.807) is 0 Å². The third-order valence-electron chi connectivity index (χ3n) is 1.67. The number of hydrogen-bond acceptors (Lipinski definition) is 3. The molecule has 1 aromatic heterocycles. The topological polar surface area (TPSA) is 58.9 Å². The van der Waals surface area contributed by atoms with E-state index in [-0.39, 0.29) is 5.69 Å². The van der Waals surface area contributed by atoms with Crippen molar-refractivity contribution in [3.8, 4) is 0 Å². The molecule has 1 rings (SSSR count). The lowest BCUT2D eigenvalue weighted by Crippen LogP contribution is -2.48. The lowest BCUT2D eigenvalue weighted by molar-refractivity contribution is -0.185. The van der Waals surface area contributed by atoms with Gasteiger partial charge >= 0.3 is 11.0 Å². The van der Waals surface area contributed by atoms with Gasteiger partial charge in [0, 0.05) is 5.38 Å². The molecule has 1 unspecified atom stereocenters. The fourth-order valence-corrected chi connectivity index (χ4v) is 1.38. The highest BCUT2D eigenvalue weighted by Crippen LogP contribution is 2.35. The summed E-state index contributed by atoms with van der Waals surface area (Å²) in [6, 6.07) is 0. The number of rotatable bonds is 1. The van der Waals surface area contributed by atoms with Gasteiger partial charge in [-0.1, -0.05) is 11.3 Å². The van der Waals surface area contributed by atoms with Gasteiger partial charge in [-0.05, 0) is 6.92 Å². The quantitative estimate of drug-likeness (QED) is 0.734. The molecular formula is C6H7F3N2OS. The molecule has 3 nitrogen and oxygen atoms in total. The third kappa shape index (κ3) is 1.75. The van der Waals surface area contributed by atoms with E-state index in [0.29, 0.717) is 11.3 Å². The van der Waals surface area contributed by atoms with Crippen LogP contribution in [0.2, 0.25) is 0 Å². The maximum atomic E-state index is 12.3. The fourth-order valence-electron chi connectivity index (χ4n) is 0.686. The van der Waals surface area contributed by atoms with Gasteiger partial charge in [0.2, 0.25) is 0 Å². The van der Waals surface area contributed by atoms with Crippen molar-refractivity contribution in [3.05, 3.63) is 20.7 Å². The number of nitrogens with one attached hydrogen (secondary N) is 1. The molecule has 74 valence electrons. The largest absolute Gasteiger partial charge is 0.411 e. The summed E-state index contributed by atoms with van der Waals surface area (Å²) in [4.78, 5) is 12.1. The van der Waals surface area contributed by atoms with Crippen molar-refractivity contribution in [2.24, 2.45) is 5.73 Å². The van der Waals surface area contributed by atoms with Crippen LogP contribution in [0.4, 0.5) is 13.2 Å². The molecule has 0 aromatic carbocycles. The SMILES string of the molecule is CC(N)(c1csc(=O)[nH]1)C(F)(F)F. The number of aromatic nitrogens is 1. The minimum absolute atomic E-state index is 0.310. The summed E-state index contributed by atoms with van der Waals surface area (Å²) in [5, 5.41) is 1.08. The summed E-state index contributed by atoms with van der Waals surface area (Å²) in [7, 11) is 0. The van der Waals surface area contributed by atoms with Crippen molar-refractivity contribution in [3.63, 3.8) is 0 Å². The van der Waals surface area contributed by atoms with E-state index in [1.807, 2.05) is 4.98 Å². The average Bonchev–Trinajstić information content (AvgIpc) is 2.33. The van der Waals surface area contributed by atoms with E-state index in [2.05, 4.69) is 0 Å². The molecule has 0 amide bonds. The summed E-state index contributed by atoms with van der Waals surface area (Å²) in [5.74, 6) is 0. The first-order valence-electron chi connectivity index (χ1n) is 3.29. The number of aromatic amines is 1. The Hall–Kier alpha value is -0.820. The highest BCUT2D eigenvalue weighted by molar-refractivity contribution is 7.07. The van der Waals surface area contributed by atoms with Crippen LogP contribution in [0.15, 0.2) is 10.2 Å². The Morgan fingerprint density at radius 3 is 2.38 bits per heavy atom. The zero-order valence-corrected chi connectivity index (χ0v) is 7.42. The first kappa shape index (κ1) is 10.3. The van der Waals surface area contributed by atoms with Gasteiger partial charge in [-0.25, -0.2) is 0 Å². The van der Waals surface area contributed by atoms with Crippen LogP contribution in [0, 0.1) is 0 Å². The number of nitrogens with two attached hydrogens (primary N) is 1. The number of thiazole rings is 1. The molecule has 0 radical (unpaired) electrons. The molecule has 7 heteroatoms. The molecule has 0 spiro atoms. The maximum absolute atomic E-state index is 12.3. The van der Waals surface area contributed by atoms with E-state index in [1.165, 1.54) is 0 Å². The maximum Gasteiger partial charge on any atom is 0.411 e. The first-order valence-corrected chi connectivity index (χ1v) is 4.17. The van der Waals surface area contributed by atoms with E-state index < -0.39 is 16.6 Å². The molecule has 0 saturated heterocycles. The number of halogens is 3. The molecule has 13 heavy (non-hydrogen) atoms. The van der Waals surface area contributed by atoms with Crippen molar-refractivity contribution in [2.75, 3.05) is 0 Å². The minimum atomic E-state index is -4.57. The van der Waals surface area contributed by atoms with Crippen LogP contribution in [0.25, 0.3) is 0 Å². The second kappa shape index (κ2) is 2.85. The Balaban J connectivity index is 3.14. The summed E-state index contributed by atoms with van der Waals surface area (Å²) in [6.07, 6.45) is -4.57. The van der Waals surface area contributed by atoms with Gasteiger partial charge < -0.3 is 10.7 Å². The summed E-state index contributed by atoms with van der Waals surface area (Å²) in [5.41, 5.74) is 2.24. The summed E-state index contributed by atoms with van der Waals surface area (Å²) >= 11 is 0.656. The normalized spacial score (nSPS) is 17.0. The molecule has 0 aliphatic heterocycles. The van der Waals surface area contributed by atoms with Crippen LogP contribution in [-0.2, 0) is 5.54 Å². The van der Waals surface area contributed by atoms with Crippen LogP contribution < -0.4 is 10.6 Å². The van der Waals surface area contributed by atoms with Crippen LogP contribution in [0.3, 0.4) is 0 Å². The zero-order valence-electron chi connectivity index (χ0n) is 6.61. The van der Waals surface area contributed by atoms with Gasteiger partial charge in [0.1, 0.15) is 0 Å². The average molecular weight is 212 g/mol. The third-order valence-corrected chi connectivity index (χ3v) is 2.34. The number of H-pyrrole nitrogens is 1. The lowest BCUT2D eigenvalue weighted by atomic mass is 10.0. The molecule has 1 atom stereocenters. The van der Waals surface area contributed by atoms with E-state index >= 15 is 0 Å². The molecule has 1 aromatic rings. The molecular weight excluding hydrogens is 205 g/mol. The fraction of sp³-hybridized carbons (Fsp3) is 0.500. The standard InChI is InChI=1S/C6H7F3N2OS/c1-5(10,6(7,8)9)3-2-13-4(12)11-3/h2H,10H2,1H3,(H,11,12). The minimum Gasteiger partial charge on any atom is -0.314 e. The Kier molecular flexibility index (Phi) is 2.25. The second-order valence-electron chi connectivity index (χ2n) is 2.76.